The maximum absolute atomic E-state index is 12.7. The lowest BCUT2D eigenvalue weighted by Crippen LogP contribution is -2.48. The molecule has 1 aromatic rings. The van der Waals surface area contributed by atoms with Crippen LogP contribution >= 0.6 is 0 Å². The standard InChI is InChI=1S/C19H25NO5S/c21-18(13-25-19(22)12-15-6-2-1-3-7-15)20(16-8-4-5-9-16)17-10-11-26(23,24)14-17/h1-3,6-7,16-17H,4-5,8-14H2. The van der Waals surface area contributed by atoms with E-state index in [0.717, 1.165) is 31.2 Å². The van der Waals surface area contributed by atoms with Crippen LogP contribution in [0.1, 0.15) is 37.7 Å². The number of hydrogen-bond acceptors (Lipinski definition) is 5. The van der Waals surface area contributed by atoms with E-state index in [0.29, 0.717) is 6.42 Å². The second kappa shape index (κ2) is 8.20. The van der Waals surface area contributed by atoms with E-state index in [1.165, 1.54) is 0 Å². The first-order valence-corrected chi connectivity index (χ1v) is 11.0. The Kier molecular flexibility index (Phi) is 5.96. The molecule has 7 heteroatoms. The molecule has 2 aliphatic rings. The van der Waals surface area contributed by atoms with Crippen molar-refractivity contribution in [3.63, 3.8) is 0 Å². The summed E-state index contributed by atoms with van der Waals surface area (Å²) in [6.45, 7) is -0.321. The van der Waals surface area contributed by atoms with E-state index in [1.54, 1.807) is 4.90 Å². The number of esters is 1. The van der Waals surface area contributed by atoms with Crippen LogP contribution in [0.2, 0.25) is 0 Å². The smallest absolute Gasteiger partial charge is 0.310 e. The van der Waals surface area contributed by atoms with Crippen LogP contribution in [0.5, 0.6) is 0 Å². The van der Waals surface area contributed by atoms with E-state index >= 15 is 0 Å². The molecular weight excluding hydrogens is 354 g/mol. The van der Waals surface area contributed by atoms with E-state index in [-0.39, 0.29) is 42.5 Å². The zero-order valence-electron chi connectivity index (χ0n) is 14.8. The Balaban J connectivity index is 1.59. The van der Waals surface area contributed by atoms with Crippen LogP contribution in [0.15, 0.2) is 30.3 Å². The Bertz CT molecular complexity index is 740. The molecule has 1 aliphatic carbocycles. The monoisotopic (exact) mass is 379 g/mol. The summed E-state index contributed by atoms with van der Waals surface area (Å²) in [7, 11) is -3.08. The lowest BCUT2D eigenvalue weighted by molar-refractivity contribution is -0.153. The van der Waals surface area contributed by atoms with Crippen molar-refractivity contribution in [3.8, 4) is 0 Å². The van der Waals surface area contributed by atoms with E-state index in [2.05, 4.69) is 0 Å². The molecule has 1 atom stereocenters. The summed E-state index contributed by atoms with van der Waals surface area (Å²) < 4.78 is 28.8. The summed E-state index contributed by atoms with van der Waals surface area (Å²) in [5, 5.41) is 0. The molecule has 0 radical (unpaired) electrons. The van der Waals surface area contributed by atoms with Gasteiger partial charge in [0, 0.05) is 12.1 Å². The maximum Gasteiger partial charge on any atom is 0.310 e. The average molecular weight is 379 g/mol. The largest absolute Gasteiger partial charge is 0.455 e. The molecule has 0 N–H and O–H groups in total. The van der Waals surface area contributed by atoms with Crippen LogP contribution in [0.3, 0.4) is 0 Å². The molecular formula is C19H25NO5S. The van der Waals surface area contributed by atoms with Crippen molar-refractivity contribution >= 4 is 21.7 Å². The van der Waals surface area contributed by atoms with Crippen molar-refractivity contribution in [1.82, 2.24) is 4.90 Å². The highest BCUT2D eigenvalue weighted by Crippen LogP contribution is 2.29. The lowest BCUT2D eigenvalue weighted by Gasteiger charge is -2.33. The van der Waals surface area contributed by atoms with E-state index in [1.807, 2.05) is 30.3 Å². The van der Waals surface area contributed by atoms with Gasteiger partial charge in [0.25, 0.3) is 5.91 Å². The highest BCUT2D eigenvalue weighted by atomic mass is 32.2. The number of amides is 1. The number of nitrogens with zero attached hydrogens (tertiary/aromatic N) is 1. The maximum atomic E-state index is 12.7. The van der Waals surface area contributed by atoms with E-state index in [9.17, 15) is 18.0 Å². The molecule has 0 aromatic heterocycles. The Morgan fingerprint density at radius 3 is 2.35 bits per heavy atom. The van der Waals surface area contributed by atoms with Crippen LogP contribution in [0.25, 0.3) is 0 Å². The predicted octanol–water partition coefficient (Wildman–Crippen LogP) is 1.73. The third-order valence-electron chi connectivity index (χ3n) is 5.16. The zero-order chi connectivity index (χ0) is 18.6. The third kappa shape index (κ3) is 4.84. The van der Waals surface area contributed by atoms with Gasteiger partial charge in [-0.1, -0.05) is 43.2 Å². The molecule has 1 amide bonds. The molecule has 1 unspecified atom stereocenters. The summed E-state index contributed by atoms with van der Waals surface area (Å²) in [5.74, 6) is -0.579. The van der Waals surface area contributed by atoms with Crippen LogP contribution in [-0.2, 0) is 30.6 Å². The number of carbonyl (C=O) groups excluding carboxylic acids is 2. The van der Waals surface area contributed by atoms with Crippen LogP contribution in [-0.4, -0.2) is 55.4 Å². The van der Waals surface area contributed by atoms with Gasteiger partial charge in [0.2, 0.25) is 0 Å². The van der Waals surface area contributed by atoms with Crippen molar-refractivity contribution in [2.45, 2.75) is 50.6 Å². The topological polar surface area (TPSA) is 80.8 Å². The third-order valence-corrected chi connectivity index (χ3v) is 6.91. The highest BCUT2D eigenvalue weighted by molar-refractivity contribution is 7.91. The first-order chi connectivity index (χ1) is 12.4. The Hall–Kier alpha value is -1.89. The van der Waals surface area contributed by atoms with Crippen molar-refractivity contribution < 1.29 is 22.7 Å². The average Bonchev–Trinajstić information content (AvgIpc) is 3.24. The minimum absolute atomic E-state index is 0.0210. The second-order valence-electron chi connectivity index (χ2n) is 7.12. The Morgan fingerprint density at radius 2 is 1.73 bits per heavy atom. The van der Waals surface area contributed by atoms with Gasteiger partial charge in [-0.15, -0.1) is 0 Å². The molecule has 0 bridgehead atoms. The first-order valence-electron chi connectivity index (χ1n) is 9.16. The van der Waals surface area contributed by atoms with Crippen molar-refractivity contribution in [2.75, 3.05) is 18.1 Å². The Labute approximate surface area is 154 Å². The highest BCUT2D eigenvalue weighted by Gasteiger charge is 2.39. The van der Waals surface area contributed by atoms with Crippen molar-refractivity contribution in [1.29, 1.82) is 0 Å². The molecule has 1 aromatic carbocycles. The fourth-order valence-corrected chi connectivity index (χ4v) is 5.62. The summed E-state index contributed by atoms with van der Waals surface area (Å²) in [5.41, 5.74) is 0.833. The summed E-state index contributed by atoms with van der Waals surface area (Å²) in [6, 6.07) is 8.99. The normalized spacial score (nSPS) is 22.2. The molecule has 2 fully saturated rings. The quantitative estimate of drug-likeness (QED) is 0.703. The summed E-state index contributed by atoms with van der Waals surface area (Å²) >= 11 is 0. The van der Waals surface area contributed by atoms with Crippen molar-refractivity contribution in [2.24, 2.45) is 0 Å². The number of hydrogen-bond donors (Lipinski definition) is 0. The second-order valence-corrected chi connectivity index (χ2v) is 9.35. The lowest BCUT2D eigenvalue weighted by atomic mass is 10.1. The summed E-state index contributed by atoms with van der Waals surface area (Å²) in [6.07, 6.45) is 4.46. The van der Waals surface area contributed by atoms with E-state index < -0.39 is 15.8 Å². The van der Waals surface area contributed by atoms with Gasteiger partial charge in [-0.3, -0.25) is 9.59 Å². The van der Waals surface area contributed by atoms with Gasteiger partial charge in [0.1, 0.15) is 0 Å². The number of rotatable bonds is 6. The molecule has 6 nitrogen and oxygen atoms in total. The number of carbonyl (C=O) groups is 2. The number of sulfone groups is 1. The molecule has 3 rings (SSSR count). The molecule has 1 saturated heterocycles. The predicted molar refractivity (Wildman–Crippen MR) is 97.3 cm³/mol. The van der Waals surface area contributed by atoms with Gasteiger partial charge < -0.3 is 9.64 Å². The van der Waals surface area contributed by atoms with Gasteiger partial charge in [0.15, 0.2) is 16.4 Å². The zero-order valence-corrected chi connectivity index (χ0v) is 15.6. The van der Waals surface area contributed by atoms with Gasteiger partial charge in [-0.25, -0.2) is 8.42 Å². The van der Waals surface area contributed by atoms with Gasteiger partial charge >= 0.3 is 5.97 Å². The minimum atomic E-state index is -3.08. The number of benzene rings is 1. The van der Waals surface area contributed by atoms with Crippen molar-refractivity contribution in [3.05, 3.63) is 35.9 Å². The van der Waals surface area contributed by atoms with Gasteiger partial charge in [0.05, 0.1) is 17.9 Å². The van der Waals surface area contributed by atoms with Crippen LogP contribution in [0.4, 0.5) is 0 Å². The molecule has 0 spiro atoms. The summed E-state index contributed by atoms with van der Waals surface area (Å²) in [4.78, 5) is 26.4. The van der Waals surface area contributed by atoms with Gasteiger partial charge in [-0.2, -0.15) is 0 Å². The Morgan fingerprint density at radius 1 is 1.04 bits per heavy atom. The first kappa shape index (κ1) is 18.9. The molecule has 1 heterocycles. The van der Waals surface area contributed by atoms with E-state index in [4.69, 9.17) is 4.74 Å². The molecule has 1 saturated carbocycles. The fourth-order valence-electron chi connectivity index (χ4n) is 3.91. The molecule has 142 valence electrons. The minimum Gasteiger partial charge on any atom is -0.455 e. The van der Waals surface area contributed by atoms with Gasteiger partial charge in [-0.05, 0) is 24.8 Å². The molecule has 1 aliphatic heterocycles. The van der Waals surface area contributed by atoms with Crippen LogP contribution < -0.4 is 0 Å². The van der Waals surface area contributed by atoms with Crippen LogP contribution in [0, 0.1) is 0 Å². The molecule has 26 heavy (non-hydrogen) atoms. The fraction of sp³-hybridized carbons (Fsp3) is 0.579. The SMILES string of the molecule is O=C(Cc1ccccc1)OCC(=O)N(C1CCCC1)C1CCS(=O)(=O)C1. The number of ether oxygens (including phenoxy) is 1.